The van der Waals surface area contributed by atoms with E-state index in [9.17, 15) is 4.79 Å². The summed E-state index contributed by atoms with van der Waals surface area (Å²) >= 11 is 0. The Hall–Kier alpha value is -1.77. The molecule has 0 unspecified atom stereocenters. The van der Waals surface area contributed by atoms with Crippen LogP contribution in [0.25, 0.3) is 0 Å². The van der Waals surface area contributed by atoms with Gasteiger partial charge in [-0.05, 0) is 13.3 Å². The summed E-state index contributed by atoms with van der Waals surface area (Å²) < 4.78 is 16.5. The van der Waals surface area contributed by atoms with Gasteiger partial charge in [-0.15, -0.1) is 0 Å². The fourth-order valence-electron chi connectivity index (χ4n) is 3.20. The molecule has 1 spiro atoms. The van der Waals surface area contributed by atoms with Gasteiger partial charge in [-0.3, -0.25) is 4.79 Å². The van der Waals surface area contributed by atoms with E-state index < -0.39 is 5.79 Å². The molecule has 0 aliphatic carbocycles. The molecule has 1 N–H and O–H groups in total. The second-order valence-corrected chi connectivity index (χ2v) is 6.36. The van der Waals surface area contributed by atoms with E-state index in [2.05, 4.69) is 20.2 Å². The van der Waals surface area contributed by atoms with E-state index in [0.29, 0.717) is 37.9 Å². The highest BCUT2D eigenvalue weighted by atomic mass is 16.7. The molecular formula is C17H26N4O4. The van der Waals surface area contributed by atoms with Crippen LogP contribution in [0.2, 0.25) is 0 Å². The summed E-state index contributed by atoms with van der Waals surface area (Å²) in [5.74, 6) is 0.773. The number of ether oxygens (including phenoxy) is 3. The van der Waals surface area contributed by atoms with E-state index in [0.717, 1.165) is 38.2 Å². The van der Waals surface area contributed by atoms with Crippen molar-refractivity contribution in [2.75, 3.05) is 51.5 Å². The van der Waals surface area contributed by atoms with Crippen LogP contribution in [0.3, 0.4) is 0 Å². The Bertz CT molecular complexity index is 594. The van der Waals surface area contributed by atoms with E-state index in [1.165, 1.54) is 0 Å². The van der Waals surface area contributed by atoms with Gasteiger partial charge in [0.15, 0.2) is 5.79 Å². The van der Waals surface area contributed by atoms with Crippen LogP contribution in [-0.4, -0.2) is 68.2 Å². The molecule has 0 saturated carbocycles. The number of rotatable bonds is 6. The van der Waals surface area contributed by atoms with Gasteiger partial charge in [0.2, 0.25) is 0 Å². The monoisotopic (exact) mass is 350 g/mol. The average molecular weight is 350 g/mol. The Morgan fingerprint density at radius 2 is 2.04 bits per heavy atom. The number of amides is 1. The number of hydrogen-bond acceptors (Lipinski definition) is 7. The fraction of sp³-hybridized carbons (Fsp3) is 0.706. The maximum Gasteiger partial charge on any atom is 0.270 e. The largest absolute Gasteiger partial charge is 0.385 e. The molecule has 8 nitrogen and oxygen atoms in total. The minimum Gasteiger partial charge on any atom is -0.385 e. The Morgan fingerprint density at radius 3 is 2.72 bits per heavy atom. The number of anilines is 1. The normalized spacial score (nSPS) is 19.4. The first-order valence-electron chi connectivity index (χ1n) is 8.78. The number of piperidine rings is 1. The van der Waals surface area contributed by atoms with Crippen LogP contribution in [0.15, 0.2) is 6.07 Å². The molecule has 0 radical (unpaired) electrons. The summed E-state index contributed by atoms with van der Waals surface area (Å²) in [5.41, 5.74) is 0.397. The Labute approximate surface area is 147 Å². The molecule has 2 aliphatic rings. The van der Waals surface area contributed by atoms with Crippen LogP contribution in [0, 0.1) is 6.92 Å². The Morgan fingerprint density at radius 1 is 1.32 bits per heavy atom. The number of hydrogen-bond donors (Lipinski definition) is 1. The lowest BCUT2D eigenvalue weighted by molar-refractivity contribution is -0.169. The molecule has 0 atom stereocenters. The van der Waals surface area contributed by atoms with E-state index in [-0.39, 0.29) is 5.91 Å². The van der Waals surface area contributed by atoms with Crippen molar-refractivity contribution >= 4 is 11.7 Å². The van der Waals surface area contributed by atoms with Gasteiger partial charge in [-0.1, -0.05) is 0 Å². The first-order chi connectivity index (χ1) is 12.1. The lowest BCUT2D eigenvalue weighted by Crippen LogP contribution is -2.45. The van der Waals surface area contributed by atoms with Crippen LogP contribution in [0.4, 0.5) is 5.82 Å². The first-order valence-corrected chi connectivity index (χ1v) is 8.78. The molecule has 0 bridgehead atoms. The molecule has 138 valence electrons. The van der Waals surface area contributed by atoms with Crippen molar-refractivity contribution in [3.05, 3.63) is 17.6 Å². The number of methoxy groups -OCH3 is 1. The van der Waals surface area contributed by atoms with Gasteiger partial charge in [-0.25, -0.2) is 9.97 Å². The van der Waals surface area contributed by atoms with Gasteiger partial charge in [0.25, 0.3) is 5.91 Å². The lowest BCUT2D eigenvalue weighted by Gasteiger charge is -2.38. The lowest BCUT2D eigenvalue weighted by atomic mass is 10.0. The summed E-state index contributed by atoms with van der Waals surface area (Å²) in [7, 11) is 1.65. The van der Waals surface area contributed by atoms with E-state index >= 15 is 0 Å². The number of aromatic nitrogens is 2. The molecule has 3 rings (SSSR count). The minimum atomic E-state index is -0.417. The number of nitrogens with one attached hydrogen (secondary N) is 1. The zero-order valence-corrected chi connectivity index (χ0v) is 14.9. The number of aryl methyl sites for hydroxylation is 1. The SMILES string of the molecule is COCCCNC(=O)c1cc(N2CCC3(CC2)OCCO3)nc(C)n1. The molecule has 3 heterocycles. The highest BCUT2D eigenvalue weighted by Crippen LogP contribution is 2.32. The second-order valence-electron chi connectivity index (χ2n) is 6.36. The minimum absolute atomic E-state index is 0.182. The molecule has 8 heteroatoms. The van der Waals surface area contributed by atoms with Crippen LogP contribution in [0.5, 0.6) is 0 Å². The molecular weight excluding hydrogens is 324 g/mol. The Kier molecular flexibility index (Phi) is 5.82. The van der Waals surface area contributed by atoms with Crippen molar-refractivity contribution in [1.29, 1.82) is 0 Å². The third-order valence-corrected chi connectivity index (χ3v) is 4.53. The van der Waals surface area contributed by atoms with Gasteiger partial charge < -0.3 is 24.4 Å². The van der Waals surface area contributed by atoms with Gasteiger partial charge in [-0.2, -0.15) is 0 Å². The van der Waals surface area contributed by atoms with Crippen molar-refractivity contribution in [2.45, 2.75) is 32.0 Å². The first kappa shape index (κ1) is 18.0. The smallest absolute Gasteiger partial charge is 0.270 e. The van der Waals surface area contributed by atoms with Crippen LogP contribution < -0.4 is 10.2 Å². The predicted molar refractivity (Wildman–Crippen MR) is 91.7 cm³/mol. The topological polar surface area (TPSA) is 85.8 Å². The van der Waals surface area contributed by atoms with E-state index in [1.807, 2.05) is 0 Å². The van der Waals surface area contributed by atoms with E-state index in [4.69, 9.17) is 14.2 Å². The number of carbonyl (C=O) groups is 1. The molecule has 1 amide bonds. The molecule has 1 aromatic heterocycles. The fourth-order valence-corrected chi connectivity index (χ4v) is 3.20. The van der Waals surface area contributed by atoms with Crippen molar-refractivity contribution in [2.24, 2.45) is 0 Å². The molecule has 1 aromatic rings. The highest BCUT2D eigenvalue weighted by molar-refractivity contribution is 5.92. The molecule has 2 aliphatic heterocycles. The standard InChI is InChI=1S/C17H26N4O4/c1-13-19-14(16(22)18-6-3-9-23-2)12-15(20-13)21-7-4-17(5-8-21)24-10-11-25-17/h12H,3-11H2,1-2H3,(H,18,22). The quantitative estimate of drug-likeness (QED) is 0.763. The summed E-state index contributed by atoms with van der Waals surface area (Å²) in [5, 5.41) is 2.86. The summed E-state index contributed by atoms with van der Waals surface area (Å²) in [6.07, 6.45) is 2.37. The van der Waals surface area contributed by atoms with Crippen LogP contribution in [0.1, 0.15) is 35.6 Å². The summed E-state index contributed by atoms with van der Waals surface area (Å²) in [6, 6.07) is 1.76. The van der Waals surface area contributed by atoms with Crippen molar-refractivity contribution < 1.29 is 19.0 Å². The number of carbonyl (C=O) groups excluding carboxylic acids is 1. The summed E-state index contributed by atoms with van der Waals surface area (Å²) in [6.45, 7) is 5.89. The van der Waals surface area contributed by atoms with E-state index in [1.54, 1.807) is 20.1 Å². The zero-order chi connectivity index (χ0) is 17.7. The molecule has 25 heavy (non-hydrogen) atoms. The van der Waals surface area contributed by atoms with Crippen LogP contribution in [-0.2, 0) is 14.2 Å². The predicted octanol–water partition coefficient (Wildman–Crippen LogP) is 0.895. The third kappa shape index (κ3) is 4.45. The van der Waals surface area contributed by atoms with Gasteiger partial charge in [0.1, 0.15) is 17.3 Å². The van der Waals surface area contributed by atoms with Crippen molar-refractivity contribution in [1.82, 2.24) is 15.3 Å². The molecule has 2 saturated heterocycles. The maximum absolute atomic E-state index is 12.3. The van der Waals surface area contributed by atoms with Crippen molar-refractivity contribution in [3.63, 3.8) is 0 Å². The van der Waals surface area contributed by atoms with Gasteiger partial charge >= 0.3 is 0 Å². The zero-order valence-electron chi connectivity index (χ0n) is 14.9. The van der Waals surface area contributed by atoms with Gasteiger partial charge in [0.05, 0.1) is 13.2 Å². The molecule has 0 aromatic carbocycles. The maximum atomic E-state index is 12.3. The average Bonchev–Trinajstić information content (AvgIpc) is 3.06. The van der Waals surface area contributed by atoms with Crippen molar-refractivity contribution in [3.8, 4) is 0 Å². The highest BCUT2D eigenvalue weighted by Gasteiger charge is 2.40. The third-order valence-electron chi connectivity index (χ3n) is 4.53. The second kappa shape index (κ2) is 8.07. The van der Waals surface area contributed by atoms with Gasteiger partial charge in [0, 0.05) is 52.3 Å². The number of nitrogens with zero attached hydrogens (tertiary/aromatic N) is 3. The molecule has 2 fully saturated rings. The Balaban J connectivity index is 1.62. The van der Waals surface area contributed by atoms with Crippen LogP contribution >= 0.6 is 0 Å². The summed E-state index contributed by atoms with van der Waals surface area (Å²) in [4.78, 5) is 23.2.